The molecule has 0 radical (unpaired) electrons. The van der Waals surface area contributed by atoms with Gasteiger partial charge in [-0.05, 0) is 24.5 Å². The van der Waals surface area contributed by atoms with Gasteiger partial charge in [0.1, 0.15) is 4.88 Å². The SMILES string of the molecule is CCCCC(Cc1c[nH]c2ccccc12)NC(=O)c1cnc(N2CCN(N)/C(=C\N)C2)s1. The molecule has 1 atom stereocenters. The summed E-state index contributed by atoms with van der Waals surface area (Å²) >= 11 is 1.41. The smallest absolute Gasteiger partial charge is 0.263 e. The van der Waals surface area contributed by atoms with Crippen molar-refractivity contribution < 1.29 is 4.79 Å². The number of rotatable bonds is 8. The van der Waals surface area contributed by atoms with Gasteiger partial charge in [-0.15, -0.1) is 0 Å². The van der Waals surface area contributed by atoms with Crippen LogP contribution in [0.5, 0.6) is 0 Å². The number of aromatic amines is 1. The fourth-order valence-corrected chi connectivity index (χ4v) is 4.91. The molecule has 6 N–H and O–H groups in total. The van der Waals surface area contributed by atoms with Crippen LogP contribution in [0.3, 0.4) is 0 Å². The molecule has 1 aliphatic heterocycles. The number of piperazine rings is 1. The third-order valence-electron chi connectivity index (χ3n) is 5.90. The minimum Gasteiger partial charge on any atom is -0.403 e. The minimum absolute atomic E-state index is 0.0678. The molecule has 1 saturated heterocycles. The lowest BCUT2D eigenvalue weighted by molar-refractivity contribution is 0.0938. The highest BCUT2D eigenvalue weighted by Crippen LogP contribution is 2.26. The number of hydrogen-bond donors (Lipinski definition) is 4. The second-order valence-corrected chi connectivity index (χ2v) is 9.17. The molecule has 1 aromatic carbocycles. The lowest BCUT2D eigenvalue weighted by Gasteiger charge is -2.34. The number of hydrazine groups is 1. The van der Waals surface area contributed by atoms with Crippen molar-refractivity contribution in [3.63, 3.8) is 0 Å². The molecular formula is C23H31N7OS. The molecule has 9 heteroatoms. The van der Waals surface area contributed by atoms with E-state index in [9.17, 15) is 4.79 Å². The summed E-state index contributed by atoms with van der Waals surface area (Å²) in [6.07, 6.45) is 9.14. The van der Waals surface area contributed by atoms with E-state index in [-0.39, 0.29) is 11.9 Å². The number of H-pyrrole nitrogens is 1. The number of aromatic nitrogens is 2. The molecule has 0 saturated carbocycles. The Morgan fingerprint density at radius 1 is 1.38 bits per heavy atom. The Hall–Kier alpha value is -3.04. The van der Waals surface area contributed by atoms with Crippen molar-refractivity contribution >= 4 is 33.3 Å². The summed E-state index contributed by atoms with van der Waals surface area (Å²) in [5, 5.41) is 6.93. The highest BCUT2D eigenvalue weighted by atomic mass is 32.1. The second kappa shape index (κ2) is 10.1. The number of fused-ring (bicyclic) bond motifs is 1. The standard InChI is InChI=1S/C23H31N7OS/c1-2-3-6-17(11-16-13-26-20-8-5-4-7-19(16)20)28-22(31)21-14-27-23(32-21)29-9-10-30(25)18(12-24)15-29/h4-5,7-8,12-14,17,26H,2-3,6,9-11,15,24-25H2,1H3,(H,28,31)/b18-12-. The number of hydrogen-bond acceptors (Lipinski definition) is 7. The number of para-hydroxylation sites is 1. The molecule has 3 heterocycles. The summed E-state index contributed by atoms with van der Waals surface area (Å²) in [5.74, 6) is 5.88. The fraction of sp³-hybridized carbons (Fsp3) is 0.391. The van der Waals surface area contributed by atoms with Gasteiger partial charge in [-0.1, -0.05) is 49.3 Å². The van der Waals surface area contributed by atoms with Gasteiger partial charge >= 0.3 is 0 Å². The van der Waals surface area contributed by atoms with Crippen molar-refractivity contribution in [3.05, 3.63) is 59.0 Å². The third kappa shape index (κ3) is 4.89. The van der Waals surface area contributed by atoms with E-state index in [2.05, 4.69) is 45.4 Å². The predicted molar refractivity (Wildman–Crippen MR) is 130 cm³/mol. The van der Waals surface area contributed by atoms with E-state index in [1.54, 1.807) is 11.2 Å². The second-order valence-electron chi connectivity index (χ2n) is 8.16. The van der Waals surface area contributed by atoms with Gasteiger partial charge in [0.25, 0.3) is 5.91 Å². The van der Waals surface area contributed by atoms with E-state index in [0.29, 0.717) is 18.0 Å². The minimum atomic E-state index is -0.0678. The maximum absolute atomic E-state index is 13.1. The molecule has 32 heavy (non-hydrogen) atoms. The number of benzene rings is 1. The molecule has 4 rings (SSSR count). The zero-order valence-corrected chi connectivity index (χ0v) is 19.2. The molecule has 3 aromatic rings. The zero-order chi connectivity index (χ0) is 22.5. The van der Waals surface area contributed by atoms with Crippen LogP contribution < -0.4 is 21.8 Å². The van der Waals surface area contributed by atoms with Crippen molar-refractivity contribution in [3.8, 4) is 0 Å². The van der Waals surface area contributed by atoms with Crippen molar-refractivity contribution in [2.75, 3.05) is 24.5 Å². The number of carbonyl (C=O) groups excluding carboxylic acids is 1. The highest BCUT2D eigenvalue weighted by molar-refractivity contribution is 7.17. The molecule has 2 aromatic heterocycles. The number of unbranched alkanes of at least 4 members (excludes halogenated alkanes) is 1. The number of nitrogens with zero attached hydrogens (tertiary/aromatic N) is 3. The lowest BCUT2D eigenvalue weighted by atomic mass is 10.0. The van der Waals surface area contributed by atoms with E-state index < -0.39 is 0 Å². The van der Waals surface area contributed by atoms with Gasteiger partial charge in [0, 0.05) is 35.9 Å². The fourth-order valence-electron chi connectivity index (χ4n) is 4.06. The molecule has 1 amide bonds. The number of carbonyl (C=O) groups is 1. The lowest BCUT2D eigenvalue weighted by Crippen LogP contribution is -2.48. The summed E-state index contributed by atoms with van der Waals surface area (Å²) in [6, 6.07) is 8.35. The average molecular weight is 454 g/mol. The Morgan fingerprint density at radius 2 is 2.22 bits per heavy atom. The maximum Gasteiger partial charge on any atom is 0.263 e. The van der Waals surface area contributed by atoms with E-state index in [4.69, 9.17) is 11.6 Å². The summed E-state index contributed by atoms with van der Waals surface area (Å²) in [6.45, 7) is 4.16. The molecular weight excluding hydrogens is 422 g/mol. The molecule has 1 aliphatic rings. The van der Waals surface area contributed by atoms with Gasteiger partial charge in [0.05, 0.1) is 25.0 Å². The van der Waals surface area contributed by atoms with Crippen molar-refractivity contribution in [2.45, 2.75) is 38.6 Å². The Balaban J connectivity index is 1.44. The van der Waals surface area contributed by atoms with Gasteiger partial charge in [-0.2, -0.15) is 0 Å². The van der Waals surface area contributed by atoms with Crippen LogP contribution in [0.2, 0.25) is 0 Å². The largest absolute Gasteiger partial charge is 0.403 e. The maximum atomic E-state index is 13.1. The first-order valence-corrected chi connectivity index (χ1v) is 11.9. The number of nitrogens with one attached hydrogen (secondary N) is 2. The van der Waals surface area contributed by atoms with E-state index in [1.165, 1.54) is 28.5 Å². The molecule has 0 spiro atoms. The third-order valence-corrected chi connectivity index (χ3v) is 6.95. The quantitative estimate of drug-likeness (QED) is 0.390. The normalized spacial score (nSPS) is 16.6. The van der Waals surface area contributed by atoms with Crippen molar-refractivity contribution in [2.24, 2.45) is 11.6 Å². The van der Waals surface area contributed by atoms with Crippen LogP contribution in [0.25, 0.3) is 10.9 Å². The molecule has 1 unspecified atom stereocenters. The van der Waals surface area contributed by atoms with Gasteiger partial charge in [0.15, 0.2) is 5.13 Å². The first-order valence-electron chi connectivity index (χ1n) is 11.1. The predicted octanol–water partition coefficient (Wildman–Crippen LogP) is 2.95. The highest BCUT2D eigenvalue weighted by Gasteiger charge is 2.23. The summed E-state index contributed by atoms with van der Waals surface area (Å²) in [7, 11) is 0. The molecule has 8 nitrogen and oxygen atoms in total. The van der Waals surface area contributed by atoms with Crippen LogP contribution in [0, 0.1) is 0 Å². The van der Waals surface area contributed by atoms with Crippen LogP contribution >= 0.6 is 11.3 Å². The Kier molecular flexibility index (Phi) is 6.96. The van der Waals surface area contributed by atoms with Crippen LogP contribution in [0.15, 0.2) is 48.6 Å². The van der Waals surface area contributed by atoms with Crippen molar-refractivity contribution in [1.29, 1.82) is 0 Å². The summed E-state index contributed by atoms with van der Waals surface area (Å²) < 4.78 is 0. The summed E-state index contributed by atoms with van der Waals surface area (Å²) in [4.78, 5) is 23.6. The topological polar surface area (TPSA) is 116 Å². The summed E-state index contributed by atoms with van der Waals surface area (Å²) in [5.41, 5.74) is 8.87. The average Bonchev–Trinajstić information content (AvgIpc) is 3.46. The number of thiazole rings is 1. The van der Waals surface area contributed by atoms with Crippen LogP contribution in [-0.4, -0.2) is 46.6 Å². The van der Waals surface area contributed by atoms with Gasteiger partial charge < -0.3 is 25.9 Å². The number of amides is 1. The Bertz CT molecular complexity index is 1090. The van der Waals surface area contributed by atoms with E-state index in [0.717, 1.165) is 48.6 Å². The van der Waals surface area contributed by atoms with E-state index in [1.807, 2.05) is 12.1 Å². The van der Waals surface area contributed by atoms with Gasteiger partial charge in [-0.3, -0.25) is 4.79 Å². The first kappa shape index (κ1) is 22.2. The molecule has 0 aliphatic carbocycles. The monoisotopic (exact) mass is 453 g/mol. The molecule has 1 fully saturated rings. The number of nitrogens with two attached hydrogens (primary N) is 2. The van der Waals surface area contributed by atoms with E-state index >= 15 is 0 Å². The van der Waals surface area contributed by atoms with Gasteiger partial charge in [0.2, 0.25) is 0 Å². The van der Waals surface area contributed by atoms with Crippen LogP contribution in [0.4, 0.5) is 5.13 Å². The number of anilines is 1. The zero-order valence-electron chi connectivity index (χ0n) is 18.4. The first-order chi connectivity index (χ1) is 15.6. The molecule has 0 bridgehead atoms. The Labute approximate surface area is 192 Å². The Morgan fingerprint density at radius 3 is 3.03 bits per heavy atom. The van der Waals surface area contributed by atoms with Gasteiger partial charge in [-0.25, -0.2) is 10.8 Å². The molecule has 170 valence electrons. The van der Waals surface area contributed by atoms with Crippen LogP contribution in [-0.2, 0) is 6.42 Å². The van der Waals surface area contributed by atoms with Crippen LogP contribution in [0.1, 0.15) is 41.4 Å². The van der Waals surface area contributed by atoms with Crippen molar-refractivity contribution in [1.82, 2.24) is 20.3 Å².